The predicted octanol–water partition coefficient (Wildman–Crippen LogP) is 4.43. The molecular weight excluding hydrogens is 412 g/mol. The minimum atomic E-state index is 0.199. The molecule has 2 atom stereocenters. The summed E-state index contributed by atoms with van der Waals surface area (Å²) in [6.45, 7) is 8.22. The van der Waals surface area contributed by atoms with Crippen LogP contribution in [0.2, 0.25) is 0 Å². The molecule has 0 radical (unpaired) electrons. The maximum atomic E-state index is 12.8. The van der Waals surface area contributed by atoms with Gasteiger partial charge in [0.2, 0.25) is 5.91 Å². The van der Waals surface area contributed by atoms with Gasteiger partial charge in [0.15, 0.2) is 0 Å². The van der Waals surface area contributed by atoms with Gasteiger partial charge in [-0.3, -0.25) is 4.79 Å². The number of piperidine rings is 1. The van der Waals surface area contributed by atoms with Crippen molar-refractivity contribution in [3.8, 4) is 0 Å². The number of fused-ring (bicyclic) bond motifs is 1. The molecule has 1 aliphatic heterocycles. The van der Waals surface area contributed by atoms with Crippen molar-refractivity contribution in [3.63, 3.8) is 0 Å². The summed E-state index contributed by atoms with van der Waals surface area (Å²) in [4.78, 5) is 20.1. The van der Waals surface area contributed by atoms with Gasteiger partial charge in [-0.1, -0.05) is 19.1 Å². The summed E-state index contributed by atoms with van der Waals surface area (Å²) in [6, 6.07) is 12.3. The van der Waals surface area contributed by atoms with Crippen LogP contribution in [0.25, 0.3) is 11.0 Å². The number of aromatic nitrogens is 2. The number of nitrogens with one attached hydrogen (secondary N) is 1. The number of carbonyl (C=O) groups is 1. The molecule has 1 N–H and O–H groups in total. The molecule has 1 saturated carbocycles. The minimum Gasteiger partial charge on any atom is -0.466 e. The average Bonchev–Trinajstić information content (AvgIpc) is 3.17. The van der Waals surface area contributed by atoms with Crippen molar-refractivity contribution in [2.24, 2.45) is 18.4 Å². The van der Waals surface area contributed by atoms with Crippen LogP contribution in [0, 0.1) is 18.3 Å². The molecule has 0 bridgehead atoms. The Morgan fingerprint density at radius 2 is 2.03 bits per heavy atom. The first-order chi connectivity index (χ1) is 15.9. The van der Waals surface area contributed by atoms with Crippen LogP contribution in [0.1, 0.15) is 55.9 Å². The zero-order valence-electron chi connectivity index (χ0n) is 20.1. The van der Waals surface area contributed by atoms with E-state index in [-0.39, 0.29) is 17.2 Å². The molecule has 3 aromatic rings. The second kappa shape index (κ2) is 8.98. The molecule has 33 heavy (non-hydrogen) atoms. The van der Waals surface area contributed by atoms with Crippen LogP contribution in [-0.4, -0.2) is 46.5 Å². The van der Waals surface area contributed by atoms with Crippen molar-refractivity contribution in [3.05, 3.63) is 53.7 Å². The summed E-state index contributed by atoms with van der Waals surface area (Å²) >= 11 is 0. The number of nitrogens with zero attached hydrogens (tertiary/aromatic N) is 3. The zero-order chi connectivity index (χ0) is 23.0. The molecule has 1 amide bonds. The average molecular weight is 449 g/mol. The maximum absolute atomic E-state index is 12.8. The fourth-order valence-corrected chi connectivity index (χ4v) is 5.57. The van der Waals surface area contributed by atoms with Gasteiger partial charge < -0.3 is 19.2 Å². The molecular formula is C27H36N4O2. The lowest BCUT2D eigenvalue weighted by Gasteiger charge is -2.33. The van der Waals surface area contributed by atoms with Crippen LogP contribution in [0.3, 0.4) is 0 Å². The van der Waals surface area contributed by atoms with E-state index in [4.69, 9.17) is 9.40 Å². The molecule has 2 fully saturated rings. The number of hydrogen-bond acceptors (Lipinski definition) is 4. The molecule has 6 heteroatoms. The summed E-state index contributed by atoms with van der Waals surface area (Å²) < 4.78 is 7.91. The van der Waals surface area contributed by atoms with Crippen molar-refractivity contribution in [1.29, 1.82) is 0 Å². The monoisotopic (exact) mass is 448 g/mol. The van der Waals surface area contributed by atoms with E-state index in [0.29, 0.717) is 12.5 Å². The highest BCUT2D eigenvalue weighted by atomic mass is 16.3. The molecule has 1 spiro atoms. The van der Waals surface area contributed by atoms with E-state index in [2.05, 4.69) is 33.8 Å². The Morgan fingerprint density at radius 3 is 2.76 bits per heavy atom. The van der Waals surface area contributed by atoms with E-state index in [9.17, 15) is 4.79 Å². The Morgan fingerprint density at radius 1 is 1.24 bits per heavy atom. The predicted molar refractivity (Wildman–Crippen MR) is 130 cm³/mol. The summed E-state index contributed by atoms with van der Waals surface area (Å²) in [6.07, 6.45) is 5.22. The maximum Gasteiger partial charge on any atom is 0.223 e. The molecule has 1 aromatic carbocycles. The van der Waals surface area contributed by atoms with Gasteiger partial charge in [-0.2, -0.15) is 0 Å². The summed E-state index contributed by atoms with van der Waals surface area (Å²) in [5.74, 6) is 4.00. The largest absolute Gasteiger partial charge is 0.466 e. The van der Waals surface area contributed by atoms with Gasteiger partial charge in [0, 0.05) is 31.8 Å². The van der Waals surface area contributed by atoms with Crippen molar-refractivity contribution < 1.29 is 9.21 Å². The van der Waals surface area contributed by atoms with E-state index in [1.807, 2.05) is 38.2 Å². The molecule has 6 nitrogen and oxygen atoms in total. The number of aryl methyl sites for hydroxylation is 2. The number of imidazole rings is 1. The second-order valence-corrected chi connectivity index (χ2v) is 10.2. The lowest BCUT2D eigenvalue weighted by atomic mass is 9.90. The fraction of sp³-hybridized carbons (Fsp3) is 0.556. The SMILES string of the molecule is Cc1ccc([C@H](C)CCN2CCC3(CC2)C[C@@H]3C(=O)NCCc2nc3ccccc3n2C)o1. The van der Waals surface area contributed by atoms with Gasteiger partial charge in [0.25, 0.3) is 0 Å². The van der Waals surface area contributed by atoms with Gasteiger partial charge in [-0.05, 0) is 81.9 Å². The summed E-state index contributed by atoms with van der Waals surface area (Å²) in [5.41, 5.74) is 2.41. The first-order valence-corrected chi connectivity index (χ1v) is 12.4. The third kappa shape index (κ3) is 4.58. The first-order valence-electron chi connectivity index (χ1n) is 12.4. The van der Waals surface area contributed by atoms with Crippen LogP contribution >= 0.6 is 0 Å². The molecule has 1 saturated heterocycles. The number of furan rings is 1. The Bertz CT molecular complexity index is 1120. The number of carbonyl (C=O) groups excluding carboxylic acids is 1. The van der Waals surface area contributed by atoms with Gasteiger partial charge in [-0.15, -0.1) is 0 Å². The van der Waals surface area contributed by atoms with Gasteiger partial charge in [0.05, 0.1) is 11.0 Å². The molecule has 2 aliphatic rings. The number of hydrogen-bond donors (Lipinski definition) is 1. The van der Waals surface area contributed by atoms with Crippen LogP contribution in [0.4, 0.5) is 0 Å². The highest BCUT2D eigenvalue weighted by molar-refractivity contribution is 5.82. The number of likely N-dealkylation sites (tertiary alicyclic amines) is 1. The van der Waals surface area contributed by atoms with Crippen molar-refractivity contribution in [2.75, 3.05) is 26.2 Å². The normalized spacial score (nSPS) is 20.9. The topological polar surface area (TPSA) is 63.3 Å². The highest BCUT2D eigenvalue weighted by Gasteiger charge is 2.58. The van der Waals surface area contributed by atoms with Crippen LogP contribution in [0.15, 0.2) is 40.8 Å². The van der Waals surface area contributed by atoms with Crippen molar-refractivity contribution in [1.82, 2.24) is 19.8 Å². The van der Waals surface area contributed by atoms with Gasteiger partial charge in [0.1, 0.15) is 17.3 Å². The Balaban J connectivity index is 1.04. The number of amides is 1. The van der Waals surface area contributed by atoms with Gasteiger partial charge in [-0.25, -0.2) is 4.98 Å². The lowest BCUT2D eigenvalue weighted by molar-refractivity contribution is -0.123. The second-order valence-electron chi connectivity index (χ2n) is 10.2. The molecule has 3 heterocycles. The highest BCUT2D eigenvalue weighted by Crippen LogP contribution is 2.59. The van der Waals surface area contributed by atoms with Crippen LogP contribution in [0.5, 0.6) is 0 Å². The quantitative estimate of drug-likeness (QED) is 0.554. The molecule has 2 aromatic heterocycles. The summed E-state index contributed by atoms with van der Waals surface area (Å²) in [7, 11) is 2.05. The smallest absolute Gasteiger partial charge is 0.223 e. The van der Waals surface area contributed by atoms with Crippen LogP contribution < -0.4 is 5.32 Å². The van der Waals surface area contributed by atoms with E-state index in [1.165, 1.54) is 0 Å². The number of rotatable bonds is 8. The van der Waals surface area contributed by atoms with Crippen LogP contribution in [-0.2, 0) is 18.3 Å². The van der Waals surface area contributed by atoms with Crippen molar-refractivity contribution in [2.45, 2.75) is 51.9 Å². The third-order valence-corrected chi connectivity index (χ3v) is 8.01. The van der Waals surface area contributed by atoms with Crippen molar-refractivity contribution >= 4 is 16.9 Å². The molecule has 176 valence electrons. The van der Waals surface area contributed by atoms with E-state index >= 15 is 0 Å². The standard InChI is InChI=1S/C27H36N4O2/c1-19(24-9-8-20(2)33-24)11-15-31-16-12-27(13-17-31)18-21(27)26(32)28-14-10-25-29-22-6-4-5-7-23(22)30(25)3/h4-9,19,21H,10-18H2,1-3H3,(H,28,32)/t19-,21-/m1/s1. The fourth-order valence-electron chi connectivity index (χ4n) is 5.57. The van der Waals surface area contributed by atoms with E-state index in [1.54, 1.807) is 0 Å². The third-order valence-electron chi connectivity index (χ3n) is 8.01. The molecule has 5 rings (SSSR count). The minimum absolute atomic E-state index is 0.199. The Hall–Kier alpha value is -2.60. The first kappa shape index (κ1) is 22.2. The Labute approximate surface area is 196 Å². The van der Waals surface area contributed by atoms with E-state index < -0.39 is 0 Å². The molecule has 1 aliphatic carbocycles. The Kier molecular flexibility index (Phi) is 6.04. The van der Waals surface area contributed by atoms with E-state index in [0.717, 1.165) is 80.1 Å². The number of benzene rings is 1. The number of para-hydroxylation sites is 2. The lowest BCUT2D eigenvalue weighted by Crippen LogP contribution is -2.38. The molecule has 0 unspecified atom stereocenters. The zero-order valence-corrected chi connectivity index (χ0v) is 20.1. The summed E-state index contributed by atoms with van der Waals surface area (Å²) in [5, 5.41) is 3.19. The van der Waals surface area contributed by atoms with Gasteiger partial charge >= 0.3 is 0 Å².